The highest BCUT2D eigenvalue weighted by Gasteiger charge is 2.39. The fraction of sp³-hybridized carbons (Fsp3) is 1.00. The summed E-state index contributed by atoms with van der Waals surface area (Å²) in [5.74, 6) is -0.636. The molecule has 1 rings (SSSR count). The van der Waals surface area contributed by atoms with Gasteiger partial charge in [-0.2, -0.15) is 0 Å². The van der Waals surface area contributed by atoms with E-state index in [1.165, 1.54) is 57.8 Å². The van der Waals surface area contributed by atoms with Gasteiger partial charge in [-0.1, -0.05) is 64.7 Å². The maximum absolute atomic E-state index is 5.66. The third-order valence-corrected chi connectivity index (χ3v) is 5.56. The molecule has 27 heavy (non-hydrogen) atoms. The lowest BCUT2D eigenvalue weighted by Gasteiger charge is -2.36. The molecule has 1 aliphatic heterocycles. The van der Waals surface area contributed by atoms with Crippen LogP contribution in [0.15, 0.2) is 0 Å². The molecule has 1 fully saturated rings. The first-order valence-corrected chi connectivity index (χ1v) is 11.1. The van der Waals surface area contributed by atoms with E-state index in [0.29, 0.717) is 6.10 Å². The predicted molar refractivity (Wildman–Crippen MR) is 109 cm³/mol. The molecule has 0 bridgehead atoms. The molecule has 0 radical (unpaired) electrons. The summed E-state index contributed by atoms with van der Waals surface area (Å²) in [7, 11) is 5.05. The van der Waals surface area contributed by atoms with Gasteiger partial charge in [0.25, 0.3) is 5.97 Å². The Morgan fingerprint density at radius 1 is 0.815 bits per heavy atom. The van der Waals surface area contributed by atoms with Gasteiger partial charge in [0.1, 0.15) is 6.10 Å². The zero-order valence-corrected chi connectivity index (χ0v) is 18.3. The van der Waals surface area contributed by atoms with E-state index in [0.717, 1.165) is 39.1 Å². The first-order chi connectivity index (χ1) is 13.2. The maximum atomic E-state index is 5.66. The van der Waals surface area contributed by atoms with Crippen molar-refractivity contribution in [3.05, 3.63) is 0 Å². The van der Waals surface area contributed by atoms with Crippen molar-refractivity contribution in [2.24, 2.45) is 5.92 Å². The van der Waals surface area contributed by atoms with Gasteiger partial charge < -0.3 is 23.7 Å². The smallest absolute Gasteiger partial charge is 0.285 e. The molecular formula is C22H44O5. The Morgan fingerprint density at radius 3 is 1.85 bits per heavy atom. The molecule has 0 spiro atoms. The van der Waals surface area contributed by atoms with Crippen molar-refractivity contribution >= 4 is 0 Å². The monoisotopic (exact) mass is 388 g/mol. The van der Waals surface area contributed by atoms with E-state index < -0.39 is 5.97 Å². The zero-order chi connectivity index (χ0) is 19.8. The minimum atomic E-state index is -0.906. The Hall–Kier alpha value is -0.200. The van der Waals surface area contributed by atoms with E-state index in [1.807, 2.05) is 0 Å². The Balaban J connectivity index is 2.23. The SMILES string of the molecule is CCCCCCCCC(CCCCCCOCC1CO1)C(OC)(OC)OC. The van der Waals surface area contributed by atoms with Crippen LogP contribution in [0.3, 0.4) is 0 Å². The number of unbranched alkanes of at least 4 members (excludes halogenated alkanes) is 8. The van der Waals surface area contributed by atoms with Crippen LogP contribution in [-0.2, 0) is 23.7 Å². The fourth-order valence-electron chi connectivity index (χ4n) is 3.75. The van der Waals surface area contributed by atoms with Crippen molar-refractivity contribution in [3.63, 3.8) is 0 Å². The standard InChI is InChI=1S/C22H44O5/c1-5-6-7-8-9-12-15-20(22(23-2,24-3)25-4)16-13-10-11-14-17-26-18-21-19-27-21/h20-21H,5-19H2,1-4H3. The lowest BCUT2D eigenvalue weighted by atomic mass is 9.92. The topological polar surface area (TPSA) is 49.5 Å². The van der Waals surface area contributed by atoms with Crippen molar-refractivity contribution < 1.29 is 23.7 Å². The van der Waals surface area contributed by atoms with E-state index >= 15 is 0 Å². The van der Waals surface area contributed by atoms with Gasteiger partial charge in [-0.3, -0.25) is 0 Å². The predicted octanol–water partition coefficient (Wildman–Crippen LogP) is 5.31. The number of methoxy groups -OCH3 is 3. The molecule has 162 valence electrons. The molecule has 0 N–H and O–H groups in total. The van der Waals surface area contributed by atoms with Gasteiger partial charge in [0.05, 0.1) is 13.2 Å². The van der Waals surface area contributed by atoms with Crippen LogP contribution in [0, 0.1) is 5.92 Å². The Labute approximate surface area is 167 Å². The van der Waals surface area contributed by atoms with Gasteiger partial charge in [0, 0.05) is 33.9 Å². The van der Waals surface area contributed by atoms with Crippen molar-refractivity contribution in [2.75, 3.05) is 41.2 Å². The summed E-state index contributed by atoms with van der Waals surface area (Å²) < 4.78 is 27.7. The number of epoxide rings is 1. The van der Waals surface area contributed by atoms with Crippen LogP contribution < -0.4 is 0 Å². The molecule has 0 saturated carbocycles. The van der Waals surface area contributed by atoms with Crippen LogP contribution in [0.25, 0.3) is 0 Å². The molecule has 0 aromatic carbocycles. The van der Waals surface area contributed by atoms with Crippen LogP contribution in [0.4, 0.5) is 0 Å². The van der Waals surface area contributed by atoms with Gasteiger partial charge in [-0.15, -0.1) is 0 Å². The van der Waals surface area contributed by atoms with E-state index in [4.69, 9.17) is 23.7 Å². The molecule has 5 heteroatoms. The molecule has 0 aromatic rings. The molecular weight excluding hydrogens is 344 g/mol. The molecule has 1 aliphatic rings. The van der Waals surface area contributed by atoms with Gasteiger partial charge in [0.15, 0.2) is 0 Å². The summed E-state index contributed by atoms with van der Waals surface area (Å²) in [6.45, 7) is 4.74. The van der Waals surface area contributed by atoms with E-state index in [2.05, 4.69) is 6.92 Å². The summed E-state index contributed by atoms with van der Waals surface area (Å²) in [6, 6.07) is 0. The second-order valence-electron chi connectivity index (χ2n) is 7.70. The quantitative estimate of drug-likeness (QED) is 0.161. The lowest BCUT2D eigenvalue weighted by Crippen LogP contribution is -2.44. The Bertz CT molecular complexity index is 320. The molecule has 1 heterocycles. The number of hydrogen-bond acceptors (Lipinski definition) is 5. The van der Waals surface area contributed by atoms with Crippen LogP contribution >= 0.6 is 0 Å². The van der Waals surface area contributed by atoms with E-state index in [1.54, 1.807) is 21.3 Å². The van der Waals surface area contributed by atoms with Gasteiger partial charge in [0.2, 0.25) is 0 Å². The van der Waals surface area contributed by atoms with Crippen molar-refractivity contribution in [1.82, 2.24) is 0 Å². The summed E-state index contributed by atoms with van der Waals surface area (Å²) in [6.07, 6.45) is 15.1. The third kappa shape index (κ3) is 10.8. The second-order valence-corrected chi connectivity index (χ2v) is 7.70. The molecule has 0 aromatic heterocycles. The summed E-state index contributed by atoms with van der Waals surface area (Å²) in [5.41, 5.74) is 0. The van der Waals surface area contributed by atoms with Crippen molar-refractivity contribution in [1.29, 1.82) is 0 Å². The molecule has 2 atom stereocenters. The molecule has 5 nitrogen and oxygen atoms in total. The first kappa shape index (κ1) is 24.8. The zero-order valence-electron chi connectivity index (χ0n) is 18.3. The fourth-order valence-corrected chi connectivity index (χ4v) is 3.75. The molecule has 1 saturated heterocycles. The third-order valence-electron chi connectivity index (χ3n) is 5.56. The first-order valence-electron chi connectivity index (χ1n) is 11.1. The van der Waals surface area contributed by atoms with Crippen molar-refractivity contribution in [3.8, 4) is 0 Å². The number of rotatable bonds is 20. The average Bonchev–Trinajstić information content (AvgIpc) is 3.52. The number of ether oxygens (including phenoxy) is 5. The average molecular weight is 389 g/mol. The lowest BCUT2D eigenvalue weighted by molar-refractivity contribution is -0.380. The highest BCUT2D eigenvalue weighted by Crippen LogP contribution is 2.33. The number of hydrogen-bond donors (Lipinski definition) is 0. The Kier molecular flexibility index (Phi) is 14.4. The van der Waals surface area contributed by atoms with E-state index in [-0.39, 0.29) is 5.92 Å². The molecule has 2 unspecified atom stereocenters. The van der Waals surface area contributed by atoms with Crippen LogP contribution in [0.5, 0.6) is 0 Å². The largest absolute Gasteiger partial charge is 0.379 e. The normalized spacial score (nSPS) is 18.0. The van der Waals surface area contributed by atoms with Crippen molar-refractivity contribution in [2.45, 2.75) is 96.1 Å². The van der Waals surface area contributed by atoms with Gasteiger partial charge in [-0.05, 0) is 19.3 Å². The second kappa shape index (κ2) is 15.7. The summed E-state index contributed by atoms with van der Waals surface area (Å²) in [4.78, 5) is 0. The molecule has 0 amide bonds. The molecule has 0 aliphatic carbocycles. The van der Waals surface area contributed by atoms with Crippen LogP contribution in [0.1, 0.15) is 84.0 Å². The maximum Gasteiger partial charge on any atom is 0.285 e. The summed E-state index contributed by atoms with van der Waals surface area (Å²) in [5, 5.41) is 0. The van der Waals surface area contributed by atoms with Crippen LogP contribution in [-0.4, -0.2) is 53.2 Å². The minimum Gasteiger partial charge on any atom is -0.379 e. The Morgan fingerprint density at radius 2 is 1.33 bits per heavy atom. The van der Waals surface area contributed by atoms with E-state index in [9.17, 15) is 0 Å². The summed E-state index contributed by atoms with van der Waals surface area (Å²) >= 11 is 0. The van der Waals surface area contributed by atoms with Gasteiger partial charge in [-0.25, -0.2) is 0 Å². The highest BCUT2D eigenvalue weighted by atomic mass is 16.9. The minimum absolute atomic E-state index is 0.270. The highest BCUT2D eigenvalue weighted by molar-refractivity contribution is 4.72. The van der Waals surface area contributed by atoms with Crippen LogP contribution in [0.2, 0.25) is 0 Å². The van der Waals surface area contributed by atoms with Gasteiger partial charge >= 0.3 is 0 Å².